The van der Waals surface area contributed by atoms with Crippen molar-refractivity contribution in [3.05, 3.63) is 59.7 Å². The number of para-hydroxylation sites is 1. The smallest absolute Gasteiger partial charge is 0.219 e. The maximum Gasteiger partial charge on any atom is 0.219 e. The highest BCUT2D eigenvalue weighted by molar-refractivity contribution is 7.99. The van der Waals surface area contributed by atoms with Crippen molar-refractivity contribution in [3.8, 4) is 0 Å². The predicted octanol–water partition coefficient (Wildman–Crippen LogP) is 5.91. The number of fused-ring (bicyclic) bond motifs is 3. The summed E-state index contributed by atoms with van der Waals surface area (Å²) in [6.45, 7) is 5.84. The van der Waals surface area contributed by atoms with Gasteiger partial charge in [0, 0.05) is 30.6 Å². The van der Waals surface area contributed by atoms with E-state index >= 15 is 0 Å². The monoisotopic (exact) mass is 475 g/mol. The highest BCUT2D eigenvalue weighted by Gasteiger charge is 2.15. The second kappa shape index (κ2) is 12.0. The molecule has 2 heterocycles. The van der Waals surface area contributed by atoms with Crippen LogP contribution in [0.1, 0.15) is 56.6 Å². The molecule has 1 amide bonds. The van der Waals surface area contributed by atoms with Gasteiger partial charge in [-0.1, -0.05) is 74.0 Å². The zero-order valence-corrected chi connectivity index (χ0v) is 20.9. The second-order valence-corrected chi connectivity index (χ2v) is 9.72. The number of thioether (sulfide) groups is 1. The number of nitrogens with zero attached hydrogens (tertiary/aromatic N) is 4. The molecule has 0 fully saturated rings. The van der Waals surface area contributed by atoms with Gasteiger partial charge in [-0.15, -0.1) is 10.2 Å². The molecule has 4 rings (SSSR count). The Labute approximate surface area is 205 Å². The van der Waals surface area contributed by atoms with Crippen LogP contribution in [0, 0.1) is 6.92 Å². The molecule has 7 heteroatoms. The molecule has 0 radical (unpaired) electrons. The molecule has 178 valence electrons. The highest BCUT2D eigenvalue weighted by Crippen LogP contribution is 2.28. The van der Waals surface area contributed by atoms with Gasteiger partial charge in [0.2, 0.25) is 11.1 Å². The molecule has 2 aromatic heterocycles. The molecule has 0 atom stereocenters. The third-order valence-corrected chi connectivity index (χ3v) is 7.00. The van der Waals surface area contributed by atoms with Crippen molar-refractivity contribution in [1.82, 2.24) is 25.1 Å². The summed E-state index contributed by atoms with van der Waals surface area (Å²) in [5, 5.41) is 13.7. The molecule has 0 saturated carbocycles. The van der Waals surface area contributed by atoms with Crippen molar-refractivity contribution < 1.29 is 4.79 Å². The van der Waals surface area contributed by atoms with E-state index in [2.05, 4.69) is 76.4 Å². The molecule has 1 N–H and O–H groups in total. The van der Waals surface area contributed by atoms with E-state index < -0.39 is 0 Å². The van der Waals surface area contributed by atoms with Crippen LogP contribution in [0.5, 0.6) is 0 Å². The van der Waals surface area contributed by atoms with Gasteiger partial charge >= 0.3 is 0 Å². The number of nitrogens with one attached hydrogen (secondary N) is 1. The Bertz CT molecular complexity index is 1250. The summed E-state index contributed by atoms with van der Waals surface area (Å²) in [6.07, 6.45) is 5.79. The number of carbonyl (C=O) groups excluding carboxylic acids is 1. The third kappa shape index (κ3) is 5.95. The van der Waals surface area contributed by atoms with Crippen LogP contribution in [0.3, 0.4) is 0 Å². The number of hydrogen-bond donors (Lipinski definition) is 1. The summed E-state index contributed by atoms with van der Waals surface area (Å²) in [6, 6.07) is 16.8. The number of benzene rings is 2. The van der Waals surface area contributed by atoms with Gasteiger partial charge in [-0.2, -0.15) is 0 Å². The topological polar surface area (TPSA) is 72.7 Å². The van der Waals surface area contributed by atoms with E-state index in [0.717, 1.165) is 60.2 Å². The van der Waals surface area contributed by atoms with Gasteiger partial charge in [0.15, 0.2) is 5.65 Å². The third-order valence-electron chi connectivity index (χ3n) is 6.08. The molecule has 4 aromatic rings. The predicted molar refractivity (Wildman–Crippen MR) is 140 cm³/mol. The largest absolute Gasteiger partial charge is 0.356 e. The molecule has 0 aliphatic rings. The molecule has 34 heavy (non-hydrogen) atoms. The van der Waals surface area contributed by atoms with Gasteiger partial charge in [0.05, 0.1) is 5.52 Å². The van der Waals surface area contributed by atoms with Crippen molar-refractivity contribution in [2.24, 2.45) is 0 Å². The van der Waals surface area contributed by atoms with Crippen LogP contribution in [-0.2, 0) is 11.3 Å². The fraction of sp³-hybridized carbons (Fsp3) is 0.407. The summed E-state index contributed by atoms with van der Waals surface area (Å²) < 4.78 is 2.24. The van der Waals surface area contributed by atoms with Crippen molar-refractivity contribution >= 4 is 39.7 Å². The highest BCUT2D eigenvalue weighted by atomic mass is 32.2. The van der Waals surface area contributed by atoms with Gasteiger partial charge in [-0.25, -0.2) is 4.98 Å². The zero-order valence-electron chi connectivity index (χ0n) is 20.1. The lowest BCUT2D eigenvalue weighted by atomic mass is 10.1. The number of amides is 1. The molecular weight excluding hydrogens is 442 g/mol. The molecule has 0 aliphatic heterocycles. The van der Waals surface area contributed by atoms with Crippen molar-refractivity contribution in [2.75, 3.05) is 12.3 Å². The Morgan fingerprint density at radius 1 is 1.00 bits per heavy atom. The van der Waals surface area contributed by atoms with Gasteiger partial charge in [-0.3, -0.25) is 4.79 Å². The number of aromatic nitrogens is 4. The zero-order chi connectivity index (χ0) is 23.8. The van der Waals surface area contributed by atoms with Crippen molar-refractivity contribution in [1.29, 1.82) is 0 Å². The summed E-state index contributed by atoms with van der Waals surface area (Å²) in [4.78, 5) is 16.8. The molecule has 0 bridgehead atoms. The van der Waals surface area contributed by atoms with Gasteiger partial charge in [0.25, 0.3) is 0 Å². The first-order valence-corrected chi connectivity index (χ1v) is 13.2. The minimum absolute atomic E-state index is 0.154. The first-order valence-electron chi connectivity index (χ1n) is 12.2. The number of hydrogen-bond acceptors (Lipinski definition) is 5. The summed E-state index contributed by atoms with van der Waals surface area (Å²) >= 11 is 1.61. The van der Waals surface area contributed by atoms with Crippen LogP contribution >= 0.6 is 11.8 Å². The molecule has 0 spiro atoms. The van der Waals surface area contributed by atoms with Crippen molar-refractivity contribution in [3.63, 3.8) is 0 Å². The normalized spacial score (nSPS) is 11.4. The lowest BCUT2D eigenvalue weighted by Gasteiger charge is -2.09. The van der Waals surface area contributed by atoms with E-state index in [4.69, 9.17) is 4.98 Å². The Kier molecular flexibility index (Phi) is 8.52. The average molecular weight is 476 g/mol. The Morgan fingerprint density at radius 2 is 1.82 bits per heavy atom. The van der Waals surface area contributed by atoms with Crippen LogP contribution in [0.25, 0.3) is 22.1 Å². The molecule has 0 unspecified atom stereocenters. The lowest BCUT2D eigenvalue weighted by molar-refractivity contribution is -0.121. The average Bonchev–Trinajstić information content (AvgIpc) is 3.16. The summed E-state index contributed by atoms with van der Waals surface area (Å²) in [5.74, 6) is 1.02. The minimum Gasteiger partial charge on any atom is -0.356 e. The summed E-state index contributed by atoms with van der Waals surface area (Å²) in [5.41, 5.74) is 5.36. The molecule has 0 saturated heterocycles. The molecular formula is C27H33N5OS. The Hall–Kier alpha value is -2.93. The SMILES string of the molecule is CCCCCNC(=O)CCCCSc1nnc2c3ccccc3n(Cc3ccccc3C)c2n1. The quantitative estimate of drug-likeness (QED) is 0.204. The number of aryl methyl sites for hydroxylation is 1. The van der Waals surface area contributed by atoms with Crippen LogP contribution in [0.15, 0.2) is 53.7 Å². The molecule has 2 aromatic carbocycles. The number of carbonyl (C=O) groups is 1. The maximum absolute atomic E-state index is 11.9. The van der Waals surface area contributed by atoms with E-state index in [1.807, 2.05) is 6.07 Å². The first kappa shape index (κ1) is 24.2. The van der Waals surface area contributed by atoms with Crippen LogP contribution in [0.2, 0.25) is 0 Å². The fourth-order valence-electron chi connectivity index (χ4n) is 4.11. The Morgan fingerprint density at radius 3 is 2.68 bits per heavy atom. The molecule has 6 nitrogen and oxygen atoms in total. The van der Waals surface area contributed by atoms with E-state index in [1.165, 1.54) is 24.0 Å². The number of rotatable bonds is 12. The summed E-state index contributed by atoms with van der Waals surface area (Å²) in [7, 11) is 0. The first-order chi connectivity index (χ1) is 16.7. The minimum atomic E-state index is 0.154. The maximum atomic E-state index is 11.9. The van der Waals surface area contributed by atoms with E-state index in [9.17, 15) is 4.79 Å². The second-order valence-electron chi connectivity index (χ2n) is 8.66. The number of unbranched alkanes of at least 4 members (excludes halogenated alkanes) is 3. The van der Waals surface area contributed by atoms with Crippen LogP contribution in [-0.4, -0.2) is 38.0 Å². The van der Waals surface area contributed by atoms with E-state index in [1.54, 1.807) is 11.8 Å². The Balaban J connectivity index is 1.41. The van der Waals surface area contributed by atoms with Gasteiger partial charge < -0.3 is 9.88 Å². The van der Waals surface area contributed by atoms with E-state index in [0.29, 0.717) is 11.6 Å². The standard InChI is InChI=1S/C27H33N5OS/c1-3-4-10-17-28-24(33)16-9-11-18-34-27-29-26-25(30-31-27)22-14-7-8-15-23(22)32(26)19-21-13-6-5-12-20(21)2/h5-8,12-15H,3-4,9-11,16-19H2,1-2H3,(H,28,33). The van der Waals surface area contributed by atoms with Crippen molar-refractivity contribution in [2.45, 2.75) is 64.1 Å². The van der Waals surface area contributed by atoms with Gasteiger partial charge in [-0.05, 0) is 43.4 Å². The van der Waals surface area contributed by atoms with E-state index in [-0.39, 0.29) is 5.91 Å². The fourth-order valence-corrected chi connectivity index (χ4v) is 4.89. The lowest BCUT2D eigenvalue weighted by Crippen LogP contribution is -2.23. The van der Waals surface area contributed by atoms with Crippen LogP contribution < -0.4 is 5.32 Å². The molecule has 0 aliphatic carbocycles. The van der Waals surface area contributed by atoms with Gasteiger partial charge in [0.1, 0.15) is 5.52 Å². The van der Waals surface area contributed by atoms with Crippen LogP contribution in [0.4, 0.5) is 0 Å².